The highest BCUT2D eigenvalue weighted by atomic mass is 32.2. The Hall–Kier alpha value is -1.71. The first-order chi connectivity index (χ1) is 8.90. The number of nitrogens with zero attached hydrogens (tertiary/aromatic N) is 1. The smallest absolute Gasteiger partial charge is 0.347 e. The number of sulfonamides is 1. The molecule has 0 aromatic carbocycles. The van der Waals surface area contributed by atoms with Crippen LogP contribution < -0.4 is 4.72 Å². The summed E-state index contributed by atoms with van der Waals surface area (Å²) in [5, 5.41) is 9.30. The second-order valence-corrected chi connectivity index (χ2v) is 6.55. The van der Waals surface area contributed by atoms with Crippen LogP contribution in [0.3, 0.4) is 0 Å². The van der Waals surface area contributed by atoms with E-state index in [-0.39, 0.29) is 16.3 Å². The summed E-state index contributed by atoms with van der Waals surface area (Å²) in [5.41, 5.74) is 0.383. The number of H-pyrrole nitrogens is 1. The van der Waals surface area contributed by atoms with Crippen molar-refractivity contribution in [3.05, 3.63) is 34.0 Å². The molecule has 2 aromatic heterocycles. The Balaban J connectivity index is 2.11. The number of aromatic amines is 1. The van der Waals surface area contributed by atoms with Crippen LogP contribution >= 0.6 is 11.3 Å². The van der Waals surface area contributed by atoms with E-state index in [1.807, 2.05) is 0 Å². The Morgan fingerprint density at radius 2 is 2.32 bits per heavy atom. The largest absolute Gasteiger partial charge is 0.477 e. The maximum Gasteiger partial charge on any atom is 0.347 e. The predicted molar refractivity (Wildman–Crippen MR) is 68.6 cm³/mol. The van der Waals surface area contributed by atoms with E-state index in [1.54, 1.807) is 6.92 Å². The monoisotopic (exact) mass is 301 g/mol. The molecular weight excluding hydrogens is 290 g/mol. The first-order valence-corrected chi connectivity index (χ1v) is 7.52. The average Bonchev–Trinajstić information content (AvgIpc) is 2.95. The topological polar surface area (TPSA) is 112 Å². The molecule has 0 aliphatic heterocycles. The first kappa shape index (κ1) is 13.7. The number of hydrogen-bond acceptors (Lipinski definition) is 5. The van der Waals surface area contributed by atoms with Crippen LogP contribution in [-0.2, 0) is 16.6 Å². The van der Waals surface area contributed by atoms with Crippen molar-refractivity contribution in [2.45, 2.75) is 18.4 Å². The summed E-state index contributed by atoms with van der Waals surface area (Å²) in [6.45, 7) is 1.54. The van der Waals surface area contributed by atoms with Crippen molar-refractivity contribution in [3.63, 3.8) is 0 Å². The lowest BCUT2D eigenvalue weighted by molar-refractivity contribution is 0.0701. The fourth-order valence-corrected chi connectivity index (χ4v) is 3.34. The summed E-state index contributed by atoms with van der Waals surface area (Å²) in [7, 11) is -3.60. The lowest BCUT2D eigenvalue weighted by Crippen LogP contribution is -2.22. The minimum atomic E-state index is -3.60. The third-order valence-corrected chi connectivity index (χ3v) is 4.87. The molecule has 3 N–H and O–H groups in total. The maximum atomic E-state index is 11.8. The minimum absolute atomic E-state index is 0.0354. The van der Waals surface area contributed by atoms with Gasteiger partial charge in [0.05, 0.1) is 17.1 Å². The summed E-state index contributed by atoms with van der Waals surface area (Å²) < 4.78 is 26.0. The van der Waals surface area contributed by atoms with Crippen LogP contribution in [0.1, 0.15) is 20.4 Å². The third kappa shape index (κ3) is 3.00. The van der Waals surface area contributed by atoms with Gasteiger partial charge in [-0.15, -0.1) is 11.3 Å². The molecule has 0 spiro atoms. The fraction of sp³-hybridized carbons (Fsp3) is 0.200. The number of hydrogen-bond donors (Lipinski definition) is 3. The zero-order valence-corrected chi connectivity index (χ0v) is 11.5. The molecule has 9 heteroatoms. The van der Waals surface area contributed by atoms with E-state index in [1.165, 1.54) is 18.5 Å². The van der Waals surface area contributed by atoms with Crippen LogP contribution in [0.5, 0.6) is 0 Å². The van der Waals surface area contributed by atoms with Crippen LogP contribution in [-0.4, -0.2) is 29.5 Å². The molecule has 2 aromatic rings. The molecule has 0 aliphatic carbocycles. The highest BCUT2D eigenvalue weighted by Crippen LogP contribution is 2.18. The lowest BCUT2D eigenvalue weighted by Gasteiger charge is -2.01. The standard InChI is InChI=1S/C10H11N3O4S2/c1-6-9(10(14)15)18-8(13-6)5-12-19(16,17)7-2-3-11-4-7/h2-4,11-12H,5H2,1H3,(H,14,15). The van der Waals surface area contributed by atoms with Gasteiger partial charge in [0, 0.05) is 12.4 Å². The summed E-state index contributed by atoms with van der Waals surface area (Å²) in [5.74, 6) is -1.06. The summed E-state index contributed by atoms with van der Waals surface area (Å²) in [4.78, 5) is 17.8. The molecule has 0 saturated heterocycles. The van der Waals surface area contributed by atoms with Crippen molar-refractivity contribution in [3.8, 4) is 0 Å². The van der Waals surface area contributed by atoms with Crippen molar-refractivity contribution in [2.75, 3.05) is 0 Å². The Morgan fingerprint density at radius 1 is 1.58 bits per heavy atom. The zero-order valence-electron chi connectivity index (χ0n) is 9.87. The highest BCUT2D eigenvalue weighted by Gasteiger charge is 2.17. The Labute approximate surface area is 113 Å². The number of aryl methyl sites for hydroxylation is 1. The number of aromatic carboxylic acids is 1. The van der Waals surface area contributed by atoms with E-state index < -0.39 is 16.0 Å². The van der Waals surface area contributed by atoms with Crippen molar-refractivity contribution >= 4 is 27.3 Å². The molecule has 19 heavy (non-hydrogen) atoms. The molecule has 0 radical (unpaired) electrons. The molecule has 0 bridgehead atoms. The second kappa shape index (κ2) is 5.11. The Bertz CT molecular complexity index is 688. The summed E-state index contributed by atoms with van der Waals surface area (Å²) in [6, 6.07) is 1.43. The van der Waals surface area contributed by atoms with Gasteiger partial charge >= 0.3 is 5.97 Å². The van der Waals surface area contributed by atoms with Crippen molar-refractivity contribution in [2.24, 2.45) is 0 Å². The van der Waals surface area contributed by atoms with Crippen molar-refractivity contribution in [1.29, 1.82) is 0 Å². The van der Waals surface area contributed by atoms with E-state index in [9.17, 15) is 13.2 Å². The zero-order chi connectivity index (χ0) is 14.0. The van der Waals surface area contributed by atoms with Crippen LogP contribution in [0, 0.1) is 6.92 Å². The van der Waals surface area contributed by atoms with E-state index >= 15 is 0 Å². The molecule has 0 amide bonds. The van der Waals surface area contributed by atoms with E-state index in [2.05, 4.69) is 14.7 Å². The van der Waals surface area contributed by atoms with Gasteiger partial charge in [-0.2, -0.15) is 0 Å². The SMILES string of the molecule is Cc1nc(CNS(=O)(=O)c2cc[nH]c2)sc1C(=O)O. The molecule has 7 nitrogen and oxygen atoms in total. The summed E-state index contributed by atoms with van der Waals surface area (Å²) in [6.07, 6.45) is 2.86. The minimum Gasteiger partial charge on any atom is -0.477 e. The molecule has 0 aliphatic rings. The summed E-state index contributed by atoms with van der Waals surface area (Å²) >= 11 is 0.960. The van der Waals surface area contributed by atoms with Crippen LogP contribution in [0.2, 0.25) is 0 Å². The van der Waals surface area contributed by atoms with Gasteiger partial charge in [-0.25, -0.2) is 22.9 Å². The van der Waals surface area contributed by atoms with E-state index in [0.29, 0.717) is 10.7 Å². The van der Waals surface area contributed by atoms with Crippen LogP contribution in [0.15, 0.2) is 23.4 Å². The Kier molecular flexibility index (Phi) is 3.69. The number of carbonyl (C=O) groups is 1. The van der Waals surface area contributed by atoms with Gasteiger partial charge in [-0.3, -0.25) is 0 Å². The number of nitrogens with one attached hydrogen (secondary N) is 2. The number of aromatic nitrogens is 2. The van der Waals surface area contributed by atoms with Crippen LogP contribution in [0.4, 0.5) is 0 Å². The first-order valence-electron chi connectivity index (χ1n) is 5.22. The van der Waals surface area contributed by atoms with Gasteiger partial charge in [0.1, 0.15) is 9.88 Å². The molecular formula is C10H11N3O4S2. The number of rotatable bonds is 5. The number of carboxylic acids is 1. The van der Waals surface area contributed by atoms with E-state index in [0.717, 1.165) is 11.3 Å². The quantitative estimate of drug-likeness (QED) is 0.761. The maximum absolute atomic E-state index is 11.8. The Morgan fingerprint density at radius 3 is 2.84 bits per heavy atom. The number of thiazole rings is 1. The highest BCUT2D eigenvalue weighted by molar-refractivity contribution is 7.89. The molecule has 0 saturated carbocycles. The predicted octanol–water partition coefficient (Wildman–Crippen LogP) is 0.956. The molecule has 102 valence electrons. The number of carboxylic acid groups (broad SMARTS) is 1. The van der Waals surface area contributed by atoms with Gasteiger partial charge < -0.3 is 10.1 Å². The molecule has 0 unspecified atom stereocenters. The van der Waals surface area contributed by atoms with Crippen LogP contribution in [0.25, 0.3) is 0 Å². The lowest BCUT2D eigenvalue weighted by atomic mass is 10.4. The fourth-order valence-electron chi connectivity index (χ4n) is 1.44. The van der Waals surface area contributed by atoms with Gasteiger partial charge in [0.25, 0.3) is 0 Å². The van der Waals surface area contributed by atoms with Crippen molar-refractivity contribution < 1.29 is 18.3 Å². The van der Waals surface area contributed by atoms with E-state index in [4.69, 9.17) is 5.11 Å². The third-order valence-electron chi connectivity index (χ3n) is 2.33. The van der Waals surface area contributed by atoms with Crippen molar-refractivity contribution in [1.82, 2.24) is 14.7 Å². The van der Waals surface area contributed by atoms with Gasteiger partial charge in [-0.1, -0.05) is 0 Å². The van der Waals surface area contributed by atoms with Gasteiger partial charge in [0.2, 0.25) is 10.0 Å². The van der Waals surface area contributed by atoms with Gasteiger partial charge in [0.15, 0.2) is 0 Å². The molecule has 2 rings (SSSR count). The molecule has 2 heterocycles. The average molecular weight is 301 g/mol. The van der Waals surface area contributed by atoms with Gasteiger partial charge in [-0.05, 0) is 13.0 Å². The second-order valence-electron chi connectivity index (χ2n) is 3.70. The molecule has 0 fully saturated rings. The molecule has 0 atom stereocenters. The normalized spacial score (nSPS) is 11.6.